The smallest absolute Gasteiger partial charge is 0.247 e. The zero-order valence-electron chi connectivity index (χ0n) is 34.8. The van der Waals surface area contributed by atoms with Crippen molar-refractivity contribution in [2.24, 2.45) is 5.92 Å². The highest BCUT2D eigenvalue weighted by molar-refractivity contribution is 6.00. The Balaban J connectivity index is 0.000000186. The number of aliphatic hydroxyl groups excluding tert-OH is 2. The van der Waals surface area contributed by atoms with Crippen LogP contribution in [0.3, 0.4) is 0 Å². The van der Waals surface area contributed by atoms with E-state index in [2.05, 4.69) is 25.2 Å². The molecule has 7 aromatic rings. The molecule has 3 N–H and O–H groups in total. The first-order valence-corrected chi connectivity index (χ1v) is 20.6. The molecule has 1 fully saturated rings. The van der Waals surface area contributed by atoms with Crippen LogP contribution in [-0.2, 0) is 22.4 Å². The summed E-state index contributed by atoms with van der Waals surface area (Å²) in [6, 6.07) is 41.0. The largest absolute Gasteiger partial charge is 0.420 e. The number of aromatic nitrogens is 2. The Morgan fingerprint density at radius 3 is 1.68 bits per heavy atom. The van der Waals surface area contributed by atoms with Crippen LogP contribution in [0.25, 0.3) is 42.7 Å². The number of ketones is 1. The monoisotopic (exact) mass is 827 g/mol. The molecule has 2 heterocycles. The summed E-state index contributed by atoms with van der Waals surface area (Å²) in [5.74, 6) is -0.757. The Bertz CT molecular complexity index is 2650. The number of rotatable bonds is 12. The average Bonchev–Trinajstić information content (AvgIpc) is 4.07. The zero-order valence-corrected chi connectivity index (χ0v) is 34.8. The van der Waals surface area contributed by atoms with Gasteiger partial charge in [0.1, 0.15) is 0 Å². The fraction of sp³-hybridized carbons (Fsp3) is 0.255. The number of hydrogen-bond donors (Lipinski definition) is 3. The number of nitrogens with zero attached hydrogens (tertiary/aromatic N) is 4. The topological polar surface area (TPSA) is 144 Å². The Morgan fingerprint density at radius 2 is 1.18 bits per heavy atom. The van der Waals surface area contributed by atoms with Gasteiger partial charge >= 0.3 is 0 Å². The number of nitrogens with one attached hydrogen (secondary N) is 1. The van der Waals surface area contributed by atoms with Gasteiger partial charge < -0.3 is 24.7 Å². The molecule has 0 saturated carbocycles. The van der Waals surface area contributed by atoms with Crippen LogP contribution in [0.1, 0.15) is 60.0 Å². The van der Waals surface area contributed by atoms with E-state index >= 15 is 0 Å². The number of benzene rings is 6. The van der Waals surface area contributed by atoms with Crippen LogP contribution in [0, 0.1) is 19.1 Å². The van der Waals surface area contributed by atoms with Gasteiger partial charge in [0, 0.05) is 24.3 Å². The molecule has 4 atom stereocenters. The van der Waals surface area contributed by atoms with E-state index in [-0.39, 0.29) is 24.2 Å². The van der Waals surface area contributed by atoms with Crippen molar-refractivity contribution in [3.63, 3.8) is 0 Å². The van der Waals surface area contributed by atoms with Gasteiger partial charge in [0.05, 0.1) is 43.7 Å². The highest BCUT2D eigenvalue weighted by atomic mass is 16.5. The summed E-state index contributed by atoms with van der Waals surface area (Å²) in [4.78, 5) is 32.1. The summed E-state index contributed by atoms with van der Waals surface area (Å²) in [5.41, 5.74) is 4.46. The van der Waals surface area contributed by atoms with Crippen molar-refractivity contribution in [3.8, 4) is 11.5 Å². The Labute approximate surface area is 361 Å². The predicted octanol–water partition coefficient (Wildman–Crippen LogP) is 9.87. The van der Waals surface area contributed by atoms with E-state index in [1.165, 1.54) is 12.8 Å². The van der Waals surface area contributed by atoms with Gasteiger partial charge in [-0.3, -0.25) is 9.59 Å². The third kappa shape index (κ3) is 11.4. The number of carbonyl (C=O) groups excluding carboxylic acids is 2. The van der Waals surface area contributed by atoms with E-state index in [1.807, 2.05) is 103 Å². The van der Waals surface area contributed by atoms with Gasteiger partial charge in [0.15, 0.2) is 17.2 Å². The lowest BCUT2D eigenvalue weighted by atomic mass is 9.90. The van der Waals surface area contributed by atoms with E-state index in [1.54, 1.807) is 44.2 Å². The first kappa shape index (κ1) is 44.5. The van der Waals surface area contributed by atoms with Gasteiger partial charge in [-0.2, -0.15) is 0 Å². The number of aliphatic hydroxyl groups is 2. The van der Waals surface area contributed by atoms with Gasteiger partial charge in [-0.05, 0) is 84.3 Å². The van der Waals surface area contributed by atoms with Crippen LogP contribution < -0.4 is 5.32 Å². The minimum absolute atomic E-state index is 0.122. The van der Waals surface area contributed by atoms with Crippen molar-refractivity contribution in [1.29, 1.82) is 0 Å². The number of fused-ring (bicyclic) bond motifs is 2. The molecule has 1 aliphatic heterocycles. The summed E-state index contributed by atoms with van der Waals surface area (Å²) in [6.45, 7) is 19.9. The van der Waals surface area contributed by atoms with Crippen molar-refractivity contribution >= 4 is 44.6 Å². The van der Waals surface area contributed by atoms with Gasteiger partial charge in [0.2, 0.25) is 17.7 Å². The molecule has 1 saturated heterocycles. The van der Waals surface area contributed by atoms with Gasteiger partial charge in [0.25, 0.3) is 0 Å². The molecular formula is C51H49N5O6. The summed E-state index contributed by atoms with van der Waals surface area (Å²) in [7, 11) is 0. The second-order valence-corrected chi connectivity index (χ2v) is 15.0. The minimum atomic E-state index is -0.888. The fourth-order valence-corrected chi connectivity index (χ4v) is 7.28. The van der Waals surface area contributed by atoms with E-state index in [0.717, 1.165) is 51.4 Å². The van der Waals surface area contributed by atoms with E-state index in [0.29, 0.717) is 41.6 Å². The van der Waals surface area contributed by atoms with Crippen molar-refractivity contribution in [2.75, 3.05) is 19.8 Å². The van der Waals surface area contributed by atoms with Crippen LogP contribution in [-0.4, -0.2) is 64.1 Å². The van der Waals surface area contributed by atoms with Crippen LogP contribution in [0.4, 0.5) is 11.4 Å². The van der Waals surface area contributed by atoms with Crippen LogP contribution in [0.15, 0.2) is 138 Å². The molecule has 0 spiro atoms. The van der Waals surface area contributed by atoms with Gasteiger partial charge in [-0.15, -0.1) is 10.2 Å². The average molecular weight is 828 g/mol. The van der Waals surface area contributed by atoms with Crippen LogP contribution in [0.5, 0.6) is 0 Å². The molecule has 0 bridgehead atoms. The predicted molar refractivity (Wildman–Crippen MR) is 241 cm³/mol. The van der Waals surface area contributed by atoms with E-state index in [9.17, 15) is 19.8 Å². The first-order valence-electron chi connectivity index (χ1n) is 20.6. The number of ether oxygens (including phenoxy) is 1. The molecule has 314 valence electrons. The summed E-state index contributed by atoms with van der Waals surface area (Å²) in [6.07, 6.45) is 1.85. The van der Waals surface area contributed by atoms with Crippen LogP contribution in [0.2, 0.25) is 0 Å². The molecule has 0 unspecified atom stereocenters. The molecule has 1 aromatic heterocycles. The number of amides is 1. The minimum Gasteiger partial charge on any atom is -0.420 e. The molecule has 0 aliphatic carbocycles. The highest BCUT2D eigenvalue weighted by Gasteiger charge is 2.27. The van der Waals surface area contributed by atoms with E-state index < -0.39 is 18.1 Å². The lowest BCUT2D eigenvalue weighted by Gasteiger charge is -2.20. The van der Waals surface area contributed by atoms with Crippen molar-refractivity contribution in [1.82, 2.24) is 15.5 Å². The normalized spacial score (nSPS) is 13.8. The highest BCUT2D eigenvalue weighted by Crippen LogP contribution is 2.34. The fourth-order valence-electron chi connectivity index (χ4n) is 7.28. The molecule has 11 nitrogen and oxygen atoms in total. The summed E-state index contributed by atoms with van der Waals surface area (Å²) in [5, 5.41) is 35.2. The first-order chi connectivity index (χ1) is 30.2. The summed E-state index contributed by atoms with van der Waals surface area (Å²) >= 11 is 0. The second kappa shape index (κ2) is 22.0. The van der Waals surface area contributed by atoms with Crippen molar-refractivity contribution in [2.45, 2.75) is 57.7 Å². The standard InChI is InChI=1S/C24H22N2O3.C23H19N3O2.C4H8O/c1-16(27)21(24(29)26-15-23(28)17-8-4-3-5-9-17)14-18-12-13-22(25-2)20-11-7-6-10-19(18)20;1-15(27)20(23-26-25-22(28-23)16-8-4-3-5-9-16)14-17-12-13-21(24-2)19-11-7-6-10-18(17)19;1-2-4-5-3-1/h3-13,16,21,27H,14-15H2,1H3,(H,26,29);3-13,15,20,27H,14H2,1H3;1-4H2/t16-,21+;15-,20+;/m00./s1. The summed E-state index contributed by atoms with van der Waals surface area (Å²) < 4.78 is 10.8. The van der Waals surface area contributed by atoms with Gasteiger partial charge in [-0.25, -0.2) is 9.69 Å². The van der Waals surface area contributed by atoms with Crippen molar-refractivity contribution in [3.05, 3.63) is 179 Å². The number of hydrogen-bond acceptors (Lipinski definition) is 8. The quantitative estimate of drug-likeness (QED) is 0.0816. The maximum absolute atomic E-state index is 12.7. The number of carbonyl (C=O) groups is 2. The Morgan fingerprint density at radius 1 is 0.661 bits per heavy atom. The Hall–Kier alpha value is -7.02. The van der Waals surface area contributed by atoms with Crippen molar-refractivity contribution < 1.29 is 29.0 Å². The molecule has 1 aliphatic rings. The lowest BCUT2D eigenvalue weighted by molar-refractivity contribution is -0.127. The maximum atomic E-state index is 12.7. The molecular weight excluding hydrogens is 779 g/mol. The zero-order chi connectivity index (χ0) is 43.8. The van der Waals surface area contributed by atoms with E-state index in [4.69, 9.17) is 22.3 Å². The SMILES string of the molecule is C1CCOC1.[C-]#[N+]c1ccc(C[C@@H](C(=O)NCC(=O)c2ccccc2)[C@H](C)O)c2ccccc12.[C-]#[N+]c1ccc(C[C@@H](c2nnc(-c3ccccc3)o2)[C@H](C)O)c2ccccc12. The lowest BCUT2D eigenvalue weighted by Crippen LogP contribution is -2.40. The maximum Gasteiger partial charge on any atom is 0.247 e. The second-order valence-electron chi connectivity index (χ2n) is 15.0. The molecule has 0 radical (unpaired) electrons. The molecule has 6 aromatic carbocycles. The molecule has 11 heteroatoms. The third-order valence-electron chi connectivity index (χ3n) is 10.7. The Kier molecular flexibility index (Phi) is 15.8. The third-order valence-corrected chi connectivity index (χ3v) is 10.7. The molecule has 8 rings (SSSR count). The van der Waals surface area contributed by atoms with Crippen LogP contribution >= 0.6 is 0 Å². The number of Topliss-reactive ketones (excluding diaryl/α,β-unsaturated/α-hetero) is 1. The molecule has 1 amide bonds. The van der Waals surface area contributed by atoms with Gasteiger partial charge in [-0.1, -0.05) is 121 Å². The molecule has 62 heavy (non-hydrogen) atoms.